The Morgan fingerprint density at radius 1 is 0.520 bits per heavy atom. The summed E-state index contributed by atoms with van der Waals surface area (Å²) < 4.78 is 5.51. The number of esters is 1. The second kappa shape index (κ2) is 39.6. The highest BCUT2D eigenvalue weighted by Crippen LogP contribution is 2.24. The summed E-state index contributed by atoms with van der Waals surface area (Å²) in [5, 5.41) is 20.1. The average molecular weight is 710 g/mol. The molecule has 0 aliphatic carbocycles. The smallest absolute Gasteiger partial charge is 0.305 e. The molecule has 0 spiro atoms. The van der Waals surface area contributed by atoms with Gasteiger partial charge in [-0.15, -0.1) is 0 Å². The van der Waals surface area contributed by atoms with E-state index < -0.39 is 0 Å². The molecule has 2 N–H and O–H groups in total. The Hall–Kier alpha value is -0.650. The lowest BCUT2D eigenvalue weighted by Crippen LogP contribution is -2.34. The fraction of sp³-hybridized carbons (Fsp3) is 0.978. The van der Waals surface area contributed by atoms with E-state index in [1.54, 1.807) is 0 Å². The lowest BCUT2D eigenvalue weighted by atomic mass is 9.89. The maximum atomic E-state index is 12.1. The maximum Gasteiger partial charge on any atom is 0.305 e. The lowest BCUT2D eigenvalue weighted by molar-refractivity contribution is -0.144. The summed E-state index contributed by atoms with van der Waals surface area (Å²) in [4.78, 5) is 14.6. The van der Waals surface area contributed by atoms with Crippen molar-refractivity contribution in [3.05, 3.63) is 0 Å². The zero-order valence-corrected chi connectivity index (χ0v) is 34.6. The Bertz CT molecular complexity index is 673. The minimum absolute atomic E-state index is 0.0123. The van der Waals surface area contributed by atoms with Crippen molar-refractivity contribution in [2.24, 2.45) is 11.8 Å². The van der Waals surface area contributed by atoms with Crippen LogP contribution in [0.1, 0.15) is 233 Å². The van der Waals surface area contributed by atoms with E-state index >= 15 is 0 Å². The molecule has 5 nitrogen and oxygen atoms in total. The molecule has 0 saturated carbocycles. The van der Waals surface area contributed by atoms with Gasteiger partial charge in [0.25, 0.3) is 0 Å². The zero-order valence-electron chi connectivity index (χ0n) is 34.6. The first-order valence-electron chi connectivity index (χ1n) is 22.7. The van der Waals surface area contributed by atoms with Crippen LogP contribution in [-0.4, -0.2) is 60.0 Å². The van der Waals surface area contributed by atoms with Gasteiger partial charge in [0, 0.05) is 19.6 Å². The SMILES string of the molecule is CCCCCCCC(CCCCC)CCCCCCC(O)CN(CCCCCO)CCCCCCCCCC(=O)OCCC(CC)CCCC. The number of hydrogen-bond donors (Lipinski definition) is 2. The first kappa shape index (κ1) is 49.4. The number of ether oxygens (including phenoxy) is 1. The highest BCUT2D eigenvalue weighted by Gasteiger charge is 2.13. The van der Waals surface area contributed by atoms with Gasteiger partial charge in [-0.1, -0.05) is 182 Å². The van der Waals surface area contributed by atoms with E-state index in [0.717, 1.165) is 76.9 Å². The van der Waals surface area contributed by atoms with Crippen molar-refractivity contribution in [1.82, 2.24) is 4.90 Å². The van der Waals surface area contributed by atoms with Crippen LogP contribution < -0.4 is 0 Å². The predicted octanol–water partition coefficient (Wildman–Crippen LogP) is 13.0. The predicted molar refractivity (Wildman–Crippen MR) is 218 cm³/mol. The third kappa shape index (κ3) is 34.4. The molecule has 0 aromatic heterocycles. The largest absolute Gasteiger partial charge is 0.466 e. The summed E-state index contributed by atoms with van der Waals surface area (Å²) in [6.07, 6.45) is 39.0. The van der Waals surface area contributed by atoms with Gasteiger partial charge >= 0.3 is 5.97 Å². The van der Waals surface area contributed by atoms with E-state index in [9.17, 15) is 15.0 Å². The van der Waals surface area contributed by atoms with Gasteiger partial charge in [-0.05, 0) is 69.9 Å². The van der Waals surface area contributed by atoms with Gasteiger partial charge in [-0.2, -0.15) is 0 Å². The van der Waals surface area contributed by atoms with Crippen LogP contribution in [0.25, 0.3) is 0 Å². The zero-order chi connectivity index (χ0) is 36.8. The van der Waals surface area contributed by atoms with Crippen molar-refractivity contribution in [1.29, 1.82) is 0 Å². The second-order valence-corrected chi connectivity index (χ2v) is 15.9. The molecule has 0 aliphatic rings. The van der Waals surface area contributed by atoms with E-state index in [0.29, 0.717) is 18.9 Å². The molecule has 0 aromatic carbocycles. The Kier molecular flexibility index (Phi) is 39.0. The first-order valence-corrected chi connectivity index (χ1v) is 22.7. The summed E-state index contributed by atoms with van der Waals surface area (Å²) in [5.74, 6) is 1.62. The number of hydrogen-bond acceptors (Lipinski definition) is 5. The molecule has 0 amide bonds. The number of unbranched alkanes of at least 4 members (excludes halogenated alkanes) is 18. The molecule has 3 atom stereocenters. The van der Waals surface area contributed by atoms with Gasteiger partial charge in [0.15, 0.2) is 0 Å². The number of carbonyl (C=O) groups is 1. The number of carbonyl (C=O) groups excluding carboxylic acids is 1. The number of nitrogens with zero attached hydrogens (tertiary/aromatic N) is 1. The van der Waals surface area contributed by atoms with Crippen LogP contribution in [-0.2, 0) is 9.53 Å². The van der Waals surface area contributed by atoms with Crippen LogP contribution in [0, 0.1) is 11.8 Å². The van der Waals surface area contributed by atoms with Crippen molar-refractivity contribution < 1.29 is 19.7 Å². The molecule has 5 heteroatoms. The molecule has 0 aromatic rings. The van der Waals surface area contributed by atoms with E-state index in [1.165, 1.54) is 148 Å². The highest BCUT2D eigenvalue weighted by atomic mass is 16.5. The quantitative estimate of drug-likeness (QED) is 0.0488. The molecule has 0 bridgehead atoms. The minimum Gasteiger partial charge on any atom is -0.466 e. The third-order valence-electron chi connectivity index (χ3n) is 11.1. The van der Waals surface area contributed by atoms with E-state index in [2.05, 4.69) is 32.6 Å². The van der Waals surface area contributed by atoms with Crippen LogP contribution >= 0.6 is 0 Å². The van der Waals surface area contributed by atoms with Gasteiger partial charge in [-0.3, -0.25) is 4.79 Å². The van der Waals surface area contributed by atoms with E-state index in [4.69, 9.17) is 4.74 Å². The van der Waals surface area contributed by atoms with Crippen LogP contribution in [0.4, 0.5) is 0 Å². The number of aliphatic hydroxyl groups excluding tert-OH is 2. The Morgan fingerprint density at radius 3 is 1.56 bits per heavy atom. The Labute approximate surface area is 313 Å². The molecule has 0 saturated heterocycles. The van der Waals surface area contributed by atoms with Gasteiger partial charge in [-0.25, -0.2) is 0 Å². The topological polar surface area (TPSA) is 70.0 Å². The van der Waals surface area contributed by atoms with Gasteiger partial charge in [0.2, 0.25) is 0 Å². The Morgan fingerprint density at radius 2 is 0.980 bits per heavy atom. The van der Waals surface area contributed by atoms with E-state index in [-0.39, 0.29) is 18.7 Å². The second-order valence-electron chi connectivity index (χ2n) is 15.9. The van der Waals surface area contributed by atoms with Crippen molar-refractivity contribution in [3.8, 4) is 0 Å². The molecular formula is C45H91NO4. The average Bonchev–Trinajstić information content (AvgIpc) is 3.11. The molecule has 3 unspecified atom stereocenters. The summed E-state index contributed by atoms with van der Waals surface area (Å²) in [7, 11) is 0. The minimum atomic E-state index is -0.224. The lowest BCUT2D eigenvalue weighted by Gasteiger charge is -2.25. The summed E-state index contributed by atoms with van der Waals surface area (Å²) in [5.41, 5.74) is 0. The van der Waals surface area contributed by atoms with Crippen LogP contribution in [0.3, 0.4) is 0 Å². The van der Waals surface area contributed by atoms with Crippen molar-refractivity contribution in [3.63, 3.8) is 0 Å². The normalized spacial score (nSPS) is 13.6. The van der Waals surface area contributed by atoms with E-state index in [1.807, 2.05) is 0 Å². The van der Waals surface area contributed by atoms with Gasteiger partial charge < -0.3 is 19.8 Å². The molecular weight excluding hydrogens is 618 g/mol. The molecule has 0 rings (SSSR count). The monoisotopic (exact) mass is 710 g/mol. The maximum absolute atomic E-state index is 12.1. The Balaban J connectivity index is 4.14. The third-order valence-corrected chi connectivity index (χ3v) is 11.1. The summed E-state index contributed by atoms with van der Waals surface area (Å²) in [6, 6.07) is 0. The standard InChI is InChI=1S/C45H91NO4/c1-5-9-12-16-23-32-43(31-22-10-6-2)33-24-18-19-25-34-44(48)41-46(38-28-21-29-39-47)37-27-20-15-13-14-17-26-35-45(49)50-40-36-42(8-4)30-11-7-3/h42-44,47-48H,5-41H2,1-4H3. The summed E-state index contributed by atoms with van der Waals surface area (Å²) in [6.45, 7) is 12.9. The van der Waals surface area contributed by atoms with Gasteiger partial charge in [0.1, 0.15) is 0 Å². The van der Waals surface area contributed by atoms with Crippen molar-refractivity contribution >= 4 is 5.97 Å². The highest BCUT2D eigenvalue weighted by molar-refractivity contribution is 5.69. The van der Waals surface area contributed by atoms with Crippen LogP contribution in [0.2, 0.25) is 0 Å². The number of aliphatic hydroxyl groups is 2. The molecule has 50 heavy (non-hydrogen) atoms. The molecule has 0 fully saturated rings. The van der Waals surface area contributed by atoms with Crippen molar-refractivity contribution in [2.75, 3.05) is 32.8 Å². The fourth-order valence-electron chi connectivity index (χ4n) is 7.57. The molecule has 0 aliphatic heterocycles. The van der Waals surface area contributed by atoms with Crippen LogP contribution in [0.5, 0.6) is 0 Å². The number of rotatable bonds is 41. The van der Waals surface area contributed by atoms with Gasteiger partial charge in [0.05, 0.1) is 12.7 Å². The molecule has 0 heterocycles. The fourth-order valence-corrected chi connectivity index (χ4v) is 7.57. The first-order chi connectivity index (χ1) is 24.5. The molecule has 0 radical (unpaired) electrons. The van der Waals surface area contributed by atoms with Crippen molar-refractivity contribution in [2.45, 2.75) is 239 Å². The van der Waals surface area contributed by atoms with Crippen LogP contribution in [0.15, 0.2) is 0 Å². The molecule has 300 valence electrons. The summed E-state index contributed by atoms with van der Waals surface area (Å²) >= 11 is 0.